The van der Waals surface area contributed by atoms with Gasteiger partial charge in [0, 0.05) is 12.6 Å². The summed E-state index contributed by atoms with van der Waals surface area (Å²) in [5.41, 5.74) is 1.01. The minimum atomic E-state index is -0.310. The monoisotopic (exact) mass is 260 g/mol. The van der Waals surface area contributed by atoms with Crippen LogP contribution in [0.5, 0.6) is 0 Å². The molecule has 4 unspecified atom stereocenters. The molecule has 2 aliphatic rings. The normalized spacial score (nSPS) is 32.3. The van der Waals surface area contributed by atoms with Crippen LogP contribution in [0.4, 0.5) is 4.79 Å². The van der Waals surface area contributed by atoms with E-state index in [1.54, 1.807) is 0 Å². The number of rotatable bonds is 3. The highest BCUT2D eigenvalue weighted by molar-refractivity contribution is 5.67. The molecule has 4 atom stereocenters. The Morgan fingerprint density at radius 1 is 1.37 bits per heavy atom. The fraction of sp³-hybridized carbons (Fsp3) is 0.533. The second-order valence-corrected chi connectivity index (χ2v) is 5.57. The standard InChI is InChI=1S/C15H20N2O2/c1-10-12-7-16-8-13(14(10)12)17-15(18)19-9-11-5-3-2-4-6-11/h2-6,10,12-14,16H,7-9H2,1H3,(H,17,18). The Morgan fingerprint density at radius 3 is 2.95 bits per heavy atom. The summed E-state index contributed by atoms with van der Waals surface area (Å²) >= 11 is 0. The first-order chi connectivity index (χ1) is 9.25. The molecule has 4 heteroatoms. The van der Waals surface area contributed by atoms with Crippen molar-refractivity contribution in [3.05, 3.63) is 35.9 Å². The summed E-state index contributed by atoms with van der Waals surface area (Å²) in [6.07, 6.45) is -0.310. The lowest BCUT2D eigenvalue weighted by molar-refractivity contribution is 0.132. The average Bonchev–Trinajstić information content (AvgIpc) is 3.10. The Bertz CT molecular complexity index is 449. The molecule has 1 aliphatic heterocycles. The van der Waals surface area contributed by atoms with Gasteiger partial charge >= 0.3 is 6.09 Å². The van der Waals surface area contributed by atoms with Crippen LogP contribution < -0.4 is 10.6 Å². The maximum Gasteiger partial charge on any atom is 0.407 e. The Balaban J connectivity index is 1.46. The van der Waals surface area contributed by atoms with Gasteiger partial charge in [0.2, 0.25) is 0 Å². The van der Waals surface area contributed by atoms with Gasteiger partial charge in [-0.3, -0.25) is 0 Å². The molecule has 1 amide bonds. The molecule has 102 valence electrons. The summed E-state index contributed by atoms with van der Waals surface area (Å²) in [4.78, 5) is 11.8. The molecule has 0 aromatic heterocycles. The van der Waals surface area contributed by atoms with Crippen molar-refractivity contribution in [2.45, 2.75) is 19.6 Å². The number of hydrogen-bond acceptors (Lipinski definition) is 3. The van der Waals surface area contributed by atoms with E-state index < -0.39 is 0 Å². The molecular formula is C15H20N2O2. The highest BCUT2D eigenvalue weighted by Gasteiger charge is 2.53. The van der Waals surface area contributed by atoms with Gasteiger partial charge in [0.05, 0.1) is 0 Å². The maximum absolute atomic E-state index is 11.8. The third-order valence-corrected chi connectivity index (χ3v) is 4.36. The minimum absolute atomic E-state index is 0.219. The highest BCUT2D eigenvalue weighted by Crippen LogP contribution is 2.49. The van der Waals surface area contributed by atoms with E-state index in [1.807, 2.05) is 30.3 Å². The van der Waals surface area contributed by atoms with Gasteiger partial charge in [0.15, 0.2) is 0 Å². The Kier molecular flexibility index (Phi) is 3.42. The number of fused-ring (bicyclic) bond motifs is 1. The molecular weight excluding hydrogens is 240 g/mol. The van der Waals surface area contributed by atoms with E-state index in [0.717, 1.165) is 30.5 Å². The van der Waals surface area contributed by atoms with Crippen LogP contribution in [0.3, 0.4) is 0 Å². The number of piperidine rings is 1. The van der Waals surface area contributed by atoms with Crippen molar-refractivity contribution in [3.8, 4) is 0 Å². The number of amides is 1. The number of hydrogen-bond donors (Lipinski definition) is 2. The van der Waals surface area contributed by atoms with E-state index in [0.29, 0.717) is 12.5 Å². The SMILES string of the molecule is CC1C2CNCC(NC(=O)OCc3ccccc3)C12. The number of ether oxygens (including phenoxy) is 1. The second kappa shape index (κ2) is 5.21. The van der Waals surface area contributed by atoms with Gasteiger partial charge in [-0.1, -0.05) is 37.3 Å². The predicted octanol–water partition coefficient (Wildman–Crippen LogP) is 1.77. The predicted molar refractivity (Wildman–Crippen MR) is 72.6 cm³/mol. The van der Waals surface area contributed by atoms with Crippen LogP contribution in [-0.4, -0.2) is 25.2 Å². The van der Waals surface area contributed by atoms with Crippen molar-refractivity contribution in [1.82, 2.24) is 10.6 Å². The molecule has 1 aliphatic carbocycles. The Morgan fingerprint density at radius 2 is 2.16 bits per heavy atom. The fourth-order valence-electron chi connectivity index (χ4n) is 3.17. The molecule has 3 rings (SSSR count). The van der Waals surface area contributed by atoms with E-state index in [1.165, 1.54) is 0 Å². The van der Waals surface area contributed by atoms with E-state index in [-0.39, 0.29) is 12.1 Å². The first-order valence-corrected chi connectivity index (χ1v) is 6.93. The van der Waals surface area contributed by atoms with Crippen molar-refractivity contribution in [2.24, 2.45) is 17.8 Å². The Labute approximate surface area is 113 Å². The van der Waals surface area contributed by atoms with Crippen LogP contribution in [0, 0.1) is 17.8 Å². The Hall–Kier alpha value is -1.55. The maximum atomic E-state index is 11.8. The van der Waals surface area contributed by atoms with Crippen LogP contribution in [0.25, 0.3) is 0 Å². The summed E-state index contributed by atoms with van der Waals surface area (Å²) in [5, 5.41) is 6.35. The van der Waals surface area contributed by atoms with Crippen molar-refractivity contribution in [2.75, 3.05) is 13.1 Å². The topological polar surface area (TPSA) is 50.4 Å². The molecule has 19 heavy (non-hydrogen) atoms. The molecule has 1 saturated heterocycles. The van der Waals surface area contributed by atoms with Crippen LogP contribution in [0.1, 0.15) is 12.5 Å². The zero-order chi connectivity index (χ0) is 13.2. The van der Waals surface area contributed by atoms with E-state index in [9.17, 15) is 4.79 Å². The number of carbonyl (C=O) groups is 1. The lowest BCUT2D eigenvalue weighted by Crippen LogP contribution is -2.47. The zero-order valence-electron chi connectivity index (χ0n) is 11.1. The van der Waals surface area contributed by atoms with Crippen LogP contribution in [0.2, 0.25) is 0 Å². The second-order valence-electron chi connectivity index (χ2n) is 5.57. The van der Waals surface area contributed by atoms with Gasteiger partial charge in [-0.2, -0.15) is 0 Å². The number of alkyl carbamates (subject to hydrolysis) is 1. The van der Waals surface area contributed by atoms with Gasteiger partial charge in [0.1, 0.15) is 6.61 Å². The van der Waals surface area contributed by atoms with Crippen molar-refractivity contribution < 1.29 is 9.53 Å². The lowest BCUT2D eigenvalue weighted by atomic mass is 10.1. The van der Waals surface area contributed by atoms with Crippen LogP contribution in [0.15, 0.2) is 30.3 Å². The molecule has 0 spiro atoms. The number of carbonyl (C=O) groups excluding carboxylic acids is 1. The smallest absolute Gasteiger partial charge is 0.407 e. The third-order valence-electron chi connectivity index (χ3n) is 4.36. The molecule has 0 radical (unpaired) electrons. The number of nitrogens with one attached hydrogen (secondary N) is 2. The van der Waals surface area contributed by atoms with Gasteiger partial charge in [-0.25, -0.2) is 4.79 Å². The first kappa shape index (κ1) is 12.5. The van der Waals surface area contributed by atoms with Gasteiger partial charge < -0.3 is 15.4 Å². The van der Waals surface area contributed by atoms with Crippen molar-refractivity contribution in [1.29, 1.82) is 0 Å². The fourth-order valence-corrected chi connectivity index (χ4v) is 3.17. The molecule has 1 saturated carbocycles. The molecule has 2 fully saturated rings. The van der Waals surface area contributed by atoms with Gasteiger partial charge in [-0.05, 0) is 29.9 Å². The first-order valence-electron chi connectivity index (χ1n) is 6.93. The van der Waals surface area contributed by atoms with Gasteiger partial charge in [-0.15, -0.1) is 0 Å². The van der Waals surface area contributed by atoms with E-state index in [4.69, 9.17) is 4.74 Å². The summed E-state index contributed by atoms with van der Waals surface area (Å²) in [6.45, 7) is 4.53. The summed E-state index contributed by atoms with van der Waals surface area (Å²) in [6, 6.07) is 9.96. The highest BCUT2D eigenvalue weighted by atomic mass is 16.5. The summed E-state index contributed by atoms with van der Waals surface area (Å²) in [7, 11) is 0. The van der Waals surface area contributed by atoms with E-state index in [2.05, 4.69) is 17.6 Å². The summed E-state index contributed by atoms with van der Waals surface area (Å²) < 4.78 is 5.26. The van der Waals surface area contributed by atoms with E-state index >= 15 is 0 Å². The summed E-state index contributed by atoms with van der Waals surface area (Å²) in [5.74, 6) is 2.08. The molecule has 2 N–H and O–H groups in total. The molecule has 1 aromatic rings. The number of benzene rings is 1. The largest absolute Gasteiger partial charge is 0.445 e. The lowest BCUT2D eigenvalue weighted by Gasteiger charge is -2.23. The van der Waals surface area contributed by atoms with Crippen molar-refractivity contribution >= 4 is 6.09 Å². The quantitative estimate of drug-likeness (QED) is 0.871. The molecule has 1 heterocycles. The molecule has 0 bridgehead atoms. The van der Waals surface area contributed by atoms with Crippen LogP contribution in [-0.2, 0) is 11.3 Å². The van der Waals surface area contributed by atoms with Crippen LogP contribution >= 0.6 is 0 Å². The third kappa shape index (κ3) is 2.73. The molecule has 4 nitrogen and oxygen atoms in total. The minimum Gasteiger partial charge on any atom is -0.445 e. The van der Waals surface area contributed by atoms with Crippen molar-refractivity contribution in [3.63, 3.8) is 0 Å². The average molecular weight is 260 g/mol. The van der Waals surface area contributed by atoms with Gasteiger partial charge in [0.25, 0.3) is 0 Å². The zero-order valence-corrected chi connectivity index (χ0v) is 11.1. The molecule has 1 aromatic carbocycles.